The summed E-state index contributed by atoms with van der Waals surface area (Å²) in [5, 5.41) is 7.77. The third kappa shape index (κ3) is 6.94. The monoisotopic (exact) mass is 426 g/mol. The zero-order valence-electron chi connectivity index (χ0n) is 20.0. The summed E-state index contributed by atoms with van der Waals surface area (Å²) in [7, 11) is 0. The number of benzene rings is 1. The first-order chi connectivity index (χ1) is 14.7. The highest BCUT2D eigenvalue weighted by Gasteiger charge is 2.23. The Morgan fingerprint density at radius 1 is 1.10 bits per heavy atom. The second-order valence-corrected chi connectivity index (χ2v) is 9.13. The van der Waals surface area contributed by atoms with Gasteiger partial charge < -0.3 is 10.2 Å². The second kappa shape index (κ2) is 11.1. The van der Waals surface area contributed by atoms with Crippen LogP contribution in [0.1, 0.15) is 78.0 Å². The van der Waals surface area contributed by atoms with Gasteiger partial charge in [-0.25, -0.2) is 4.68 Å². The van der Waals surface area contributed by atoms with E-state index in [1.54, 1.807) is 9.58 Å². The third-order valence-corrected chi connectivity index (χ3v) is 5.40. The van der Waals surface area contributed by atoms with Gasteiger partial charge in [-0.05, 0) is 31.9 Å². The van der Waals surface area contributed by atoms with Crippen LogP contribution in [0.5, 0.6) is 0 Å². The summed E-state index contributed by atoms with van der Waals surface area (Å²) in [5.74, 6) is 0.450. The number of hydrogen-bond donors (Lipinski definition) is 1. The SMILES string of the molecule is CCCCCCC(=O)N(CC)CC(=O)Nc1cc(C(C)(C)C)nn1-c1ccccc1C. The molecule has 0 aliphatic heterocycles. The number of carbonyl (C=O) groups excluding carboxylic acids is 2. The molecule has 0 unspecified atom stereocenters. The quantitative estimate of drug-likeness (QED) is 0.529. The Balaban J connectivity index is 2.17. The van der Waals surface area contributed by atoms with Crippen molar-refractivity contribution in [3.63, 3.8) is 0 Å². The normalized spacial score (nSPS) is 11.4. The predicted molar refractivity (Wildman–Crippen MR) is 127 cm³/mol. The van der Waals surface area contributed by atoms with E-state index in [4.69, 9.17) is 5.10 Å². The highest BCUT2D eigenvalue weighted by molar-refractivity contribution is 5.94. The Labute approximate surface area is 187 Å². The lowest BCUT2D eigenvalue weighted by Crippen LogP contribution is -2.38. The van der Waals surface area contributed by atoms with Crippen LogP contribution in [0.4, 0.5) is 5.82 Å². The summed E-state index contributed by atoms with van der Waals surface area (Å²) in [4.78, 5) is 27.0. The van der Waals surface area contributed by atoms with Gasteiger partial charge in [-0.1, -0.05) is 65.2 Å². The number of para-hydroxylation sites is 1. The standard InChI is InChI=1S/C25H38N4O2/c1-7-9-10-11-16-24(31)28(8-2)18-23(30)26-22-17-21(25(4,5)6)27-29(22)20-15-13-12-14-19(20)3/h12-15,17H,7-11,16,18H2,1-6H3,(H,26,30). The first-order valence-corrected chi connectivity index (χ1v) is 11.4. The largest absolute Gasteiger partial charge is 0.334 e. The fourth-order valence-corrected chi connectivity index (χ4v) is 3.41. The minimum absolute atomic E-state index is 0.0385. The van der Waals surface area contributed by atoms with Crippen molar-refractivity contribution < 1.29 is 9.59 Å². The van der Waals surface area contributed by atoms with Gasteiger partial charge in [-0.2, -0.15) is 5.10 Å². The molecule has 1 heterocycles. The minimum atomic E-state index is -0.209. The molecule has 1 aromatic carbocycles. The molecule has 2 amide bonds. The van der Waals surface area contributed by atoms with Crippen LogP contribution in [0.25, 0.3) is 5.69 Å². The van der Waals surface area contributed by atoms with Crippen molar-refractivity contribution in [2.24, 2.45) is 0 Å². The maximum atomic E-state index is 12.8. The number of hydrogen-bond acceptors (Lipinski definition) is 3. The maximum absolute atomic E-state index is 12.8. The number of rotatable bonds is 10. The molecule has 31 heavy (non-hydrogen) atoms. The average Bonchev–Trinajstić information content (AvgIpc) is 3.13. The number of nitrogens with zero attached hydrogens (tertiary/aromatic N) is 3. The van der Waals surface area contributed by atoms with E-state index in [1.165, 1.54) is 0 Å². The zero-order valence-corrected chi connectivity index (χ0v) is 20.0. The fourth-order valence-electron chi connectivity index (χ4n) is 3.41. The van der Waals surface area contributed by atoms with Gasteiger partial charge >= 0.3 is 0 Å². The molecule has 0 bridgehead atoms. The Morgan fingerprint density at radius 3 is 2.42 bits per heavy atom. The van der Waals surface area contributed by atoms with Crippen LogP contribution in [0, 0.1) is 6.92 Å². The number of aromatic nitrogens is 2. The summed E-state index contributed by atoms with van der Waals surface area (Å²) in [6, 6.07) is 9.88. The molecule has 0 saturated carbocycles. The van der Waals surface area contributed by atoms with Crippen molar-refractivity contribution in [1.82, 2.24) is 14.7 Å². The number of anilines is 1. The minimum Gasteiger partial charge on any atom is -0.334 e. The van der Waals surface area contributed by atoms with Crippen LogP contribution in [0.15, 0.2) is 30.3 Å². The van der Waals surface area contributed by atoms with Crippen molar-refractivity contribution in [3.05, 3.63) is 41.6 Å². The predicted octanol–water partition coefficient (Wildman–Crippen LogP) is 5.24. The lowest BCUT2D eigenvalue weighted by molar-refractivity contribution is -0.134. The Kier molecular flexibility index (Phi) is 8.84. The van der Waals surface area contributed by atoms with Crippen LogP contribution in [-0.4, -0.2) is 39.6 Å². The van der Waals surface area contributed by atoms with E-state index in [1.807, 2.05) is 44.2 Å². The summed E-state index contributed by atoms with van der Waals surface area (Å²) in [6.45, 7) is 12.9. The number of nitrogens with one attached hydrogen (secondary N) is 1. The van der Waals surface area contributed by atoms with Crippen LogP contribution in [0.3, 0.4) is 0 Å². The summed E-state index contributed by atoms with van der Waals surface area (Å²) >= 11 is 0. The molecular formula is C25H38N4O2. The van der Waals surface area contributed by atoms with Crippen molar-refractivity contribution in [2.45, 2.75) is 79.1 Å². The van der Waals surface area contributed by atoms with Gasteiger partial charge in [0.15, 0.2) is 0 Å². The number of likely N-dealkylation sites (N-methyl/N-ethyl adjacent to an activating group) is 1. The highest BCUT2D eigenvalue weighted by atomic mass is 16.2. The van der Waals surface area contributed by atoms with E-state index >= 15 is 0 Å². The number of aryl methyl sites for hydroxylation is 1. The van der Waals surface area contributed by atoms with E-state index < -0.39 is 0 Å². The molecule has 6 heteroatoms. The van der Waals surface area contributed by atoms with Gasteiger partial charge in [0.05, 0.1) is 17.9 Å². The van der Waals surface area contributed by atoms with E-state index in [-0.39, 0.29) is 23.8 Å². The van der Waals surface area contributed by atoms with E-state index in [0.29, 0.717) is 18.8 Å². The van der Waals surface area contributed by atoms with Crippen molar-refractivity contribution in [3.8, 4) is 5.69 Å². The van der Waals surface area contributed by atoms with Crippen LogP contribution >= 0.6 is 0 Å². The van der Waals surface area contributed by atoms with Gasteiger partial charge in [0.1, 0.15) is 5.82 Å². The number of carbonyl (C=O) groups is 2. The van der Waals surface area contributed by atoms with Crippen molar-refractivity contribution >= 4 is 17.6 Å². The Hall–Kier alpha value is -2.63. The van der Waals surface area contributed by atoms with Crippen LogP contribution in [0.2, 0.25) is 0 Å². The molecule has 1 N–H and O–H groups in total. The average molecular weight is 427 g/mol. The molecule has 0 aliphatic rings. The van der Waals surface area contributed by atoms with Gasteiger partial charge in [-0.15, -0.1) is 0 Å². The molecule has 1 aromatic heterocycles. The van der Waals surface area contributed by atoms with Crippen molar-refractivity contribution in [1.29, 1.82) is 0 Å². The molecule has 0 fully saturated rings. The third-order valence-electron chi connectivity index (χ3n) is 5.40. The first kappa shape index (κ1) is 24.6. The topological polar surface area (TPSA) is 67.2 Å². The lowest BCUT2D eigenvalue weighted by atomic mass is 9.92. The Bertz CT molecular complexity index is 880. The molecule has 0 saturated heterocycles. The van der Waals surface area contributed by atoms with Crippen LogP contribution in [-0.2, 0) is 15.0 Å². The molecular weight excluding hydrogens is 388 g/mol. The molecule has 6 nitrogen and oxygen atoms in total. The van der Waals surface area contributed by atoms with Crippen molar-refractivity contribution in [2.75, 3.05) is 18.4 Å². The molecule has 2 rings (SSSR count). The molecule has 2 aromatic rings. The van der Waals surface area contributed by atoms with E-state index in [0.717, 1.165) is 42.6 Å². The molecule has 170 valence electrons. The van der Waals surface area contributed by atoms with Gasteiger partial charge in [0, 0.05) is 24.4 Å². The first-order valence-electron chi connectivity index (χ1n) is 11.4. The molecule has 0 aliphatic carbocycles. The Morgan fingerprint density at radius 2 is 1.81 bits per heavy atom. The van der Waals surface area contributed by atoms with Crippen LogP contribution < -0.4 is 5.32 Å². The smallest absolute Gasteiger partial charge is 0.245 e. The number of amides is 2. The lowest BCUT2D eigenvalue weighted by Gasteiger charge is -2.20. The second-order valence-electron chi connectivity index (χ2n) is 9.13. The van der Waals surface area contributed by atoms with Gasteiger partial charge in [0.25, 0.3) is 0 Å². The molecule has 0 atom stereocenters. The zero-order chi connectivity index (χ0) is 23.0. The maximum Gasteiger partial charge on any atom is 0.245 e. The van der Waals surface area contributed by atoms with E-state index in [2.05, 4.69) is 33.0 Å². The fraction of sp³-hybridized carbons (Fsp3) is 0.560. The highest BCUT2D eigenvalue weighted by Crippen LogP contribution is 2.27. The molecule has 0 radical (unpaired) electrons. The molecule has 0 spiro atoms. The van der Waals surface area contributed by atoms with E-state index in [9.17, 15) is 9.59 Å². The summed E-state index contributed by atoms with van der Waals surface area (Å²) < 4.78 is 1.79. The van der Waals surface area contributed by atoms with Gasteiger partial charge in [-0.3, -0.25) is 9.59 Å². The van der Waals surface area contributed by atoms with Gasteiger partial charge in [0.2, 0.25) is 11.8 Å². The summed E-state index contributed by atoms with van der Waals surface area (Å²) in [5.41, 5.74) is 2.73. The summed E-state index contributed by atoms with van der Waals surface area (Å²) in [6.07, 6.45) is 4.70. The number of unbranched alkanes of at least 4 members (excludes halogenated alkanes) is 3.